The number of esters is 1. The van der Waals surface area contributed by atoms with Gasteiger partial charge in [-0.2, -0.15) is 0 Å². The number of benzene rings is 2. The molecule has 0 bridgehead atoms. The summed E-state index contributed by atoms with van der Waals surface area (Å²) >= 11 is 0. The fourth-order valence-corrected chi connectivity index (χ4v) is 2.90. The molecule has 0 radical (unpaired) electrons. The number of methoxy groups -OCH3 is 1. The molecular weight excluding hydrogens is 352 g/mol. The first-order chi connectivity index (χ1) is 13.7. The first kappa shape index (κ1) is 19.3. The highest BCUT2D eigenvalue weighted by molar-refractivity contribution is 5.96. The molecule has 3 aromatic rings. The van der Waals surface area contributed by atoms with Crippen LogP contribution in [-0.2, 0) is 17.7 Å². The van der Waals surface area contributed by atoms with Gasteiger partial charge in [-0.25, -0.2) is 4.79 Å². The van der Waals surface area contributed by atoms with Gasteiger partial charge in [0.1, 0.15) is 0 Å². The molecule has 1 aromatic heterocycles. The van der Waals surface area contributed by atoms with Crippen LogP contribution in [0, 0.1) is 0 Å². The molecule has 2 aromatic carbocycles. The maximum atomic E-state index is 13.1. The van der Waals surface area contributed by atoms with Crippen LogP contribution in [0.3, 0.4) is 0 Å². The number of ether oxygens (including phenoxy) is 1. The SMILES string of the molecule is COC(=O)c1ccc(C(=O)N(CCc2ccccc2)Cc2ccccn2)cc1. The summed E-state index contributed by atoms with van der Waals surface area (Å²) in [5, 5.41) is 0. The summed E-state index contributed by atoms with van der Waals surface area (Å²) in [5.74, 6) is -0.522. The fraction of sp³-hybridized carbons (Fsp3) is 0.174. The molecule has 1 amide bonds. The van der Waals surface area contributed by atoms with Crippen LogP contribution in [-0.4, -0.2) is 35.4 Å². The van der Waals surface area contributed by atoms with Gasteiger partial charge in [0.2, 0.25) is 0 Å². The average Bonchev–Trinajstić information content (AvgIpc) is 2.77. The predicted molar refractivity (Wildman–Crippen MR) is 107 cm³/mol. The van der Waals surface area contributed by atoms with E-state index in [4.69, 9.17) is 4.74 Å². The van der Waals surface area contributed by atoms with E-state index in [2.05, 4.69) is 17.1 Å². The highest BCUT2D eigenvalue weighted by Crippen LogP contribution is 2.13. The Balaban J connectivity index is 1.78. The summed E-state index contributed by atoms with van der Waals surface area (Å²) in [6, 6.07) is 22.3. The van der Waals surface area contributed by atoms with E-state index in [0.29, 0.717) is 24.2 Å². The van der Waals surface area contributed by atoms with Crippen molar-refractivity contribution in [1.82, 2.24) is 9.88 Å². The summed E-state index contributed by atoms with van der Waals surface area (Å²) in [5.41, 5.74) is 2.94. The Labute approximate surface area is 164 Å². The second kappa shape index (κ2) is 9.46. The largest absolute Gasteiger partial charge is 0.465 e. The molecule has 5 heteroatoms. The lowest BCUT2D eigenvalue weighted by molar-refractivity contribution is 0.0599. The van der Waals surface area contributed by atoms with Crippen molar-refractivity contribution in [2.45, 2.75) is 13.0 Å². The number of carbonyl (C=O) groups excluding carboxylic acids is 2. The van der Waals surface area contributed by atoms with Gasteiger partial charge in [0.25, 0.3) is 5.91 Å². The molecule has 5 nitrogen and oxygen atoms in total. The molecule has 0 fully saturated rings. The topological polar surface area (TPSA) is 59.5 Å². The zero-order chi connectivity index (χ0) is 19.8. The molecule has 0 N–H and O–H groups in total. The van der Waals surface area contributed by atoms with Gasteiger partial charge in [-0.3, -0.25) is 9.78 Å². The summed E-state index contributed by atoms with van der Waals surface area (Å²) < 4.78 is 4.71. The zero-order valence-corrected chi connectivity index (χ0v) is 15.7. The quantitative estimate of drug-likeness (QED) is 0.591. The molecular formula is C23H22N2O3. The van der Waals surface area contributed by atoms with E-state index in [1.165, 1.54) is 12.7 Å². The van der Waals surface area contributed by atoms with Crippen molar-refractivity contribution in [3.8, 4) is 0 Å². The summed E-state index contributed by atoms with van der Waals surface area (Å²) in [4.78, 5) is 30.8. The van der Waals surface area contributed by atoms with E-state index in [0.717, 1.165) is 12.1 Å². The van der Waals surface area contributed by atoms with Crippen molar-refractivity contribution in [2.24, 2.45) is 0 Å². The standard InChI is InChI=1S/C23H22N2O3/c1-28-23(27)20-12-10-19(11-13-20)22(26)25(17-21-9-5-6-15-24-21)16-14-18-7-3-2-4-8-18/h2-13,15H,14,16-17H2,1H3. The van der Waals surface area contributed by atoms with Gasteiger partial charge in [-0.15, -0.1) is 0 Å². The first-order valence-electron chi connectivity index (χ1n) is 9.09. The van der Waals surface area contributed by atoms with Crippen LogP contribution in [0.15, 0.2) is 79.0 Å². The van der Waals surface area contributed by atoms with Crippen LogP contribution in [0.2, 0.25) is 0 Å². The smallest absolute Gasteiger partial charge is 0.337 e. The Morgan fingerprint density at radius 3 is 2.21 bits per heavy atom. The fourth-order valence-electron chi connectivity index (χ4n) is 2.90. The lowest BCUT2D eigenvalue weighted by Gasteiger charge is -2.23. The Bertz CT molecular complexity index is 910. The normalized spacial score (nSPS) is 10.3. The van der Waals surface area contributed by atoms with Gasteiger partial charge in [0, 0.05) is 18.3 Å². The van der Waals surface area contributed by atoms with E-state index in [1.54, 1.807) is 35.4 Å². The molecule has 3 rings (SSSR count). The lowest BCUT2D eigenvalue weighted by Crippen LogP contribution is -2.32. The van der Waals surface area contributed by atoms with Crippen LogP contribution >= 0.6 is 0 Å². The Morgan fingerprint density at radius 2 is 1.57 bits per heavy atom. The molecule has 28 heavy (non-hydrogen) atoms. The van der Waals surface area contributed by atoms with Gasteiger partial charge in [-0.1, -0.05) is 36.4 Å². The van der Waals surface area contributed by atoms with Gasteiger partial charge in [0.05, 0.1) is 24.9 Å². The monoisotopic (exact) mass is 374 g/mol. The van der Waals surface area contributed by atoms with Crippen molar-refractivity contribution in [1.29, 1.82) is 0 Å². The molecule has 1 heterocycles. The molecule has 0 unspecified atom stereocenters. The van der Waals surface area contributed by atoms with Crippen LogP contribution in [0.25, 0.3) is 0 Å². The maximum absolute atomic E-state index is 13.1. The predicted octanol–water partition coefficient (Wildman–Crippen LogP) is 3.75. The van der Waals surface area contributed by atoms with E-state index < -0.39 is 5.97 Å². The number of carbonyl (C=O) groups is 2. The van der Waals surface area contributed by atoms with Gasteiger partial charge in [-0.05, 0) is 48.4 Å². The highest BCUT2D eigenvalue weighted by Gasteiger charge is 2.17. The zero-order valence-electron chi connectivity index (χ0n) is 15.7. The van der Waals surface area contributed by atoms with Crippen molar-refractivity contribution < 1.29 is 14.3 Å². The second-order valence-electron chi connectivity index (χ2n) is 6.35. The first-order valence-corrected chi connectivity index (χ1v) is 9.09. The van der Waals surface area contributed by atoms with Gasteiger partial charge < -0.3 is 9.64 Å². The summed E-state index contributed by atoms with van der Waals surface area (Å²) in [7, 11) is 1.33. The third-order valence-electron chi connectivity index (χ3n) is 4.43. The number of nitrogens with zero attached hydrogens (tertiary/aromatic N) is 2. The number of hydrogen-bond acceptors (Lipinski definition) is 4. The number of rotatable bonds is 7. The van der Waals surface area contributed by atoms with E-state index in [1.807, 2.05) is 36.4 Å². The molecule has 0 spiro atoms. The van der Waals surface area contributed by atoms with E-state index in [9.17, 15) is 9.59 Å². The Kier molecular flexibility index (Phi) is 6.52. The number of amides is 1. The van der Waals surface area contributed by atoms with Crippen LogP contribution in [0.5, 0.6) is 0 Å². The van der Waals surface area contributed by atoms with Crippen molar-refractivity contribution in [2.75, 3.05) is 13.7 Å². The molecule has 0 aliphatic heterocycles. The van der Waals surface area contributed by atoms with Crippen molar-refractivity contribution in [3.05, 3.63) is 101 Å². The molecule has 142 valence electrons. The van der Waals surface area contributed by atoms with Gasteiger partial charge in [0.15, 0.2) is 0 Å². The van der Waals surface area contributed by atoms with Crippen LogP contribution in [0.1, 0.15) is 32.0 Å². The van der Waals surface area contributed by atoms with Crippen LogP contribution < -0.4 is 0 Å². The third-order valence-corrected chi connectivity index (χ3v) is 4.43. The van der Waals surface area contributed by atoms with Crippen LogP contribution in [0.4, 0.5) is 0 Å². The van der Waals surface area contributed by atoms with Crippen molar-refractivity contribution >= 4 is 11.9 Å². The minimum Gasteiger partial charge on any atom is -0.465 e. The van der Waals surface area contributed by atoms with Crippen molar-refractivity contribution in [3.63, 3.8) is 0 Å². The number of pyridine rings is 1. The maximum Gasteiger partial charge on any atom is 0.337 e. The second-order valence-corrected chi connectivity index (χ2v) is 6.35. The Hall–Kier alpha value is -3.47. The van der Waals surface area contributed by atoms with Gasteiger partial charge >= 0.3 is 5.97 Å². The molecule has 0 aliphatic rings. The molecule has 0 saturated carbocycles. The summed E-state index contributed by atoms with van der Waals surface area (Å²) in [6.07, 6.45) is 2.47. The summed E-state index contributed by atoms with van der Waals surface area (Å²) in [6.45, 7) is 0.990. The van der Waals surface area contributed by atoms with E-state index in [-0.39, 0.29) is 5.91 Å². The molecule has 0 atom stereocenters. The molecule has 0 saturated heterocycles. The average molecular weight is 374 g/mol. The Morgan fingerprint density at radius 1 is 0.893 bits per heavy atom. The highest BCUT2D eigenvalue weighted by atomic mass is 16.5. The minimum atomic E-state index is -0.423. The lowest BCUT2D eigenvalue weighted by atomic mass is 10.1. The number of aromatic nitrogens is 1. The third kappa shape index (κ3) is 5.04. The number of hydrogen-bond donors (Lipinski definition) is 0. The molecule has 0 aliphatic carbocycles. The van der Waals surface area contributed by atoms with E-state index >= 15 is 0 Å². The minimum absolute atomic E-state index is 0.0991.